The second kappa shape index (κ2) is 8.76. The van der Waals surface area contributed by atoms with Gasteiger partial charge in [0.15, 0.2) is 0 Å². The van der Waals surface area contributed by atoms with Crippen LogP contribution in [-0.2, 0) is 12.8 Å². The van der Waals surface area contributed by atoms with Crippen LogP contribution < -0.4 is 5.19 Å². The molecule has 3 heteroatoms. The molecule has 0 aliphatic heterocycles. The number of aromatic nitrogens is 2. The molecule has 30 heavy (non-hydrogen) atoms. The Bertz CT molecular complexity index is 1120. The SMILES string of the molecule is C[Si](C)(C)c1cc(-c2cccc(CCc3ccccn3)c2)cc(-c2ccccn2)c1. The largest absolute Gasteiger partial charge is 0.261 e. The van der Waals surface area contributed by atoms with Gasteiger partial charge in [0.2, 0.25) is 0 Å². The zero-order chi connectivity index (χ0) is 21.0. The second-order valence-corrected chi connectivity index (χ2v) is 13.9. The number of benzene rings is 2. The summed E-state index contributed by atoms with van der Waals surface area (Å²) in [5, 5.41) is 1.46. The molecule has 0 unspecified atom stereocenters. The minimum Gasteiger partial charge on any atom is -0.261 e. The van der Waals surface area contributed by atoms with Crippen LogP contribution in [0.4, 0.5) is 0 Å². The van der Waals surface area contributed by atoms with Crippen molar-refractivity contribution in [1.82, 2.24) is 9.97 Å². The van der Waals surface area contributed by atoms with E-state index in [2.05, 4.69) is 96.3 Å². The van der Waals surface area contributed by atoms with E-state index in [0.29, 0.717) is 0 Å². The molecule has 2 aromatic carbocycles. The van der Waals surface area contributed by atoms with E-state index in [1.165, 1.54) is 27.4 Å². The molecule has 0 radical (unpaired) electrons. The first kappa shape index (κ1) is 20.2. The van der Waals surface area contributed by atoms with Gasteiger partial charge < -0.3 is 0 Å². The maximum absolute atomic E-state index is 4.60. The number of hydrogen-bond donors (Lipinski definition) is 0. The third-order valence-corrected chi connectivity index (χ3v) is 7.44. The standard InChI is InChI=1S/C27H28N2Si/c1-30(2,3)26-19-23(18-24(20-26)27-12-5-7-16-29-27)22-10-8-9-21(17-22)13-14-25-11-4-6-15-28-25/h4-12,15-20H,13-14H2,1-3H3. The zero-order valence-corrected chi connectivity index (χ0v) is 19.0. The molecule has 0 saturated heterocycles. The summed E-state index contributed by atoms with van der Waals surface area (Å²) in [7, 11) is -1.47. The highest BCUT2D eigenvalue weighted by Gasteiger charge is 2.19. The summed E-state index contributed by atoms with van der Waals surface area (Å²) in [6, 6.07) is 28.2. The van der Waals surface area contributed by atoms with Crippen molar-refractivity contribution in [3.05, 3.63) is 103 Å². The normalized spacial score (nSPS) is 11.4. The third kappa shape index (κ3) is 4.92. The van der Waals surface area contributed by atoms with Gasteiger partial charge in [-0.25, -0.2) is 0 Å². The van der Waals surface area contributed by atoms with Gasteiger partial charge in [-0.1, -0.05) is 73.4 Å². The second-order valence-electron chi connectivity index (χ2n) is 8.79. The Kier molecular flexibility index (Phi) is 5.91. The fourth-order valence-electron chi connectivity index (χ4n) is 3.63. The quantitative estimate of drug-likeness (QED) is 0.358. The number of rotatable bonds is 6. The Labute approximate surface area is 180 Å². The van der Waals surface area contributed by atoms with Crippen molar-refractivity contribution in [2.45, 2.75) is 32.5 Å². The number of aryl methyl sites for hydroxylation is 2. The summed E-state index contributed by atoms with van der Waals surface area (Å²) in [6.45, 7) is 7.20. The molecule has 150 valence electrons. The highest BCUT2D eigenvalue weighted by molar-refractivity contribution is 6.88. The van der Waals surface area contributed by atoms with Crippen LogP contribution in [0.2, 0.25) is 19.6 Å². The van der Waals surface area contributed by atoms with E-state index in [4.69, 9.17) is 0 Å². The lowest BCUT2D eigenvalue weighted by Crippen LogP contribution is -2.37. The summed E-state index contributed by atoms with van der Waals surface area (Å²) in [6.07, 6.45) is 5.69. The van der Waals surface area contributed by atoms with Crippen molar-refractivity contribution < 1.29 is 0 Å². The third-order valence-electron chi connectivity index (χ3n) is 5.42. The van der Waals surface area contributed by atoms with Crippen LogP contribution >= 0.6 is 0 Å². The van der Waals surface area contributed by atoms with Crippen LogP contribution in [-0.4, -0.2) is 18.0 Å². The molecule has 0 fully saturated rings. The highest BCUT2D eigenvalue weighted by atomic mass is 28.3. The molecular formula is C27H28N2Si. The molecule has 2 aromatic heterocycles. The van der Waals surface area contributed by atoms with Crippen LogP contribution in [0.1, 0.15) is 11.3 Å². The molecule has 0 atom stereocenters. The van der Waals surface area contributed by atoms with Crippen LogP contribution in [0.25, 0.3) is 22.4 Å². The lowest BCUT2D eigenvalue weighted by Gasteiger charge is -2.20. The van der Waals surface area contributed by atoms with Gasteiger partial charge in [-0.15, -0.1) is 0 Å². The number of hydrogen-bond acceptors (Lipinski definition) is 2. The molecule has 0 aliphatic carbocycles. The Morgan fingerprint density at radius 1 is 0.633 bits per heavy atom. The van der Waals surface area contributed by atoms with E-state index < -0.39 is 8.07 Å². The van der Waals surface area contributed by atoms with E-state index in [1.807, 2.05) is 24.5 Å². The molecule has 0 amide bonds. The predicted octanol–water partition coefficient (Wildman–Crippen LogP) is 6.14. The molecule has 0 bridgehead atoms. The maximum Gasteiger partial charge on any atom is 0.0776 e. The van der Waals surface area contributed by atoms with Gasteiger partial charge in [-0.2, -0.15) is 0 Å². The summed E-state index contributed by atoms with van der Waals surface area (Å²) in [5.41, 5.74) is 7.26. The maximum atomic E-state index is 4.60. The van der Waals surface area contributed by atoms with Crippen molar-refractivity contribution in [3.8, 4) is 22.4 Å². The van der Waals surface area contributed by atoms with Crippen molar-refractivity contribution in [3.63, 3.8) is 0 Å². The van der Waals surface area contributed by atoms with Gasteiger partial charge in [-0.3, -0.25) is 9.97 Å². The first-order valence-corrected chi connectivity index (χ1v) is 14.1. The molecule has 2 nitrogen and oxygen atoms in total. The minimum absolute atomic E-state index is 0.957. The first-order valence-electron chi connectivity index (χ1n) is 10.6. The van der Waals surface area contributed by atoms with Crippen LogP contribution in [0, 0.1) is 0 Å². The molecule has 0 N–H and O–H groups in total. The van der Waals surface area contributed by atoms with E-state index in [-0.39, 0.29) is 0 Å². The summed E-state index contributed by atoms with van der Waals surface area (Å²) in [4.78, 5) is 9.05. The fourth-order valence-corrected chi connectivity index (χ4v) is 4.81. The Balaban J connectivity index is 1.69. The van der Waals surface area contributed by atoms with E-state index in [1.54, 1.807) is 0 Å². The topological polar surface area (TPSA) is 25.8 Å². The predicted molar refractivity (Wildman–Crippen MR) is 130 cm³/mol. The zero-order valence-electron chi connectivity index (χ0n) is 18.0. The van der Waals surface area contributed by atoms with Gasteiger partial charge in [0.25, 0.3) is 0 Å². The van der Waals surface area contributed by atoms with Crippen molar-refractivity contribution in [2.24, 2.45) is 0 Å². The summed E-state index contributed by atoms with van der Waals surface area (Å²) in [5.74, 6) is 0. The van der Waals surface area contributed by atoms with E-state index in [0.717, 1.165) is 24.2 Å². The Morgan fingerprint density at radius 3 is 2.10 bits per heavy atom. The van der Waals surface area contributed by atoms with Crippen LogP contribution in [0.15, 0.2) is 91.3 Å². The lowest BCUT2D eigenvalue weighted by atomic mass is 9.98. The molecule has 2 heterocycles. The fraction of sp³-hybridized carbons (Fsp3) is 0.185. The number of nitrogens with zero attached hydrogens (tertiary/aromatic N) is 2. The molecule has 0 saturated carbocycles. The smallest absolute Gasteiger partial charge is 0.0776 e. The number of pyridine rings is 2. The molecular weight excluding hydrogens is 380 g/mol. The van der Waals surface area contributed by atoms with Gasteiger partial charge in [0.05, 0.1) is 13.8 Å². The molecule has 0 spiro atoms. The van der Waals surface area contributed by atoms with E-state index in [9.17, 15) is 0 Å². The van der Waals surface area contributed by atoms with Gasteiger partial charge in [-0.05, 0) is 59.9 Å². The average molecular weight is 409 g/mol. The molecule has 4 rings (SSSR count). The van der Waals surface area contributed by atoms with Gasteiger partial charge >= 0.3 is 0 Å². The first-order chi connectivity index (χ1) is 14.5. The summed E-state index contributed by atoms with van der Waals surface area (Å²) >= 11 is 0. The van der Waals surface area contributed by atoms with Gasteiger partial charge in [0, 0.05) is 23.7 Å². The van der Waals surface area contributed by atoms with Gasteiger partial charge in [0.1, 0.15) is 0 Å². The Morgan fingerprint density at radius 2 is 1.40 bits per heavy atom. The van der Waals surface area contributed by atoms with Crippen molar-refractivity contribution in [1.29, 1.82) is 0 Å². The monoisotopic (exact) mass is 408 g/mol. The van der Waals surface area contributed by atoms with Crippen LogP contribution in [0.3, 0.4) is 0 Å². The van der Waals surface area contributed by atoms with Crippen LogP contribution in [0.5, 0.6) is 0 Å². The Hall–Kier alpha value is -3.04. The van der Waals surface area contributed by atoms with Crippen molar-refractivity contribution >= 4 is 13.3 Å². The minimum atomic E-state index is -1.47. The average Bonchev–Trinajstić information content (AvgIpc) is 2.78. The lowest BCUT2D eigenvalue weighted by molar-refractivity contribution is 0.914. The molecule has 4 aromatic rings. The molecule has 0 aliphatic rings. The van der Waals surface area contributed by atoms with Crippen molar-refractivity contribution in [2.75, 3.05) is 0 Å². The summed E-state index contributed by atoms with van der Waals surface area (Å²) < 4.78 is 0. The van der Waals surface area contributed by atoms with E-state index >= 15 is 0 Å². The highest BCUT2D eigenvalue weighted by Crippen LogP contribution is 2.27.